The summed E-state index contributed by atoms with van der Waals surface area (Å²) in [6, 6.07) is 6.58. The molecule has 1 aliphatic rings. The number of amides is 1. The summed E-state index contributed by atoms with van der Waals surface area (Å²) in [5, 5.41) is 19.3. The van der Waals surface area contributed by atoms with E-state index in [1.807, 2.05) is 19.1 Å². The molecule has 0 spiro atoms. The zero-order chi connectivity index (χ0) is 24.9. The smallest absolute Gasteiger partial charge is 0.329 e. The summed E-state index contributed by atoms with van der Waals surface area (Å²) < 4.78 is 11.4. The van der Waals surface area contributed by atoms with E-state index in [9.17, 15) is 14.7 Å². The van der Waals surface area contributed by atoms with Crippen molar-refractivity contribution in [2.24, 2.45) is 5.92 Å². The quantitative estimate of drug-likeness (QED) is 0.524. The van der Waals surface area contributed by atoms with E-state index in [-0.39, 0.29) is 25.2 Å². The highest BCUT2D eigenvalue weighted by atomic mass is 16.5. The Morgan fingerprint density at radius 3 is 2.56 bits per heavy atom. The molecule has 192 valence electrons. The number of aliphatic hydroxyl groups is 2. The van der Waals surface area contributed by atoms with Crippen LogP contribution in [0.15, 0.2) is 24.3 Å². The third-order valence-electron chi connectivity index (χ3n) is 6.60. The van der Waals surface area contributed by atoms with Crippen LogP contribution in [0.2, 0.25) is 0 Å². The summed E-state index contributed by atoms with van der Waals surface area (Å²) in [6.07, 6.45) is 6.35. The number of aliphatic hydroxyl groups excluding tert-OH is 2. The van der Waals surface area contributed by atoms with Crippen LogP contribution < -0.4 is 4.74 Å². The molecule has 7 heteroatoms. The minimum Gasteiger partial charge on any atom is -0.491 e. The van der Waals surface area contributed by atoms with Crippen molar-refractivity contribution in [3.05, 3.63) is 29.8 Å². The van der Waals surface area contributed by atoms with Gasteiger partial charge in [-0.1, -0.05) is 45.2 Å². The Balaban J connectivity index is 2.21. The zero-order valence-corrected chi connectivity index (χ0v) is 21.1. The van der Waals surface area contributed by atoms with Gasteiger partial charge < -0.3 is 24.6 Å². The molecule has 0 bridgehead atoms. The number of carbonyl (C=O) groups excluding carboxylic acids is 2. The van der Waals surface area contributed by atoms with Gasteiger partial charge in [0.25, 0.3) is 0 Å². The van der Waals surface area contributed by atoms with E-state index in [0.717, 1.165) is 44.1 Å². The van der Waals surface area contributed by atoms with Gasteiger partial charge in [0, 0.05) is 26.3 Å². The lowest BCUT2D eigenvalue weighted by atomic mass is 9.94. The van der Waals surface area contributed by atoms with Crippen molar-refractivity contribution in [3.63, 3.8) is 0 Å². The van der Waals surface area contributed by atoms with Crippen LogP contribution in [-0.4, -0.2) is 65.5 Å². The van der Waals surface area contributed by atoms with Crippen molar-refractivity contribution in [2.45, 2.75) is 96.3 Å². The molecule has 1 aromatic rings. The number of cyclic esters (lactones) is 1. The average molecular weight is 478 g/mol. The van der Waals surface area contributed by atoms with Crippen LogP contribution in [0.4, 0.5) is 0 Å². The molecule has 1 aromatic carbocycles. The summed E-state index contributed by atoms with van der Waals surface area (Å²) in [6.45, 7) is 4.38. The van der Waals surface area contributed by atoms with Crippen molar-refractivity contribution < 1.29 is 29.3 Å². The van der Waals surface area contributed by atoms with Crippen LogP contribution in [0, 0.1) is 5.92 Å². The lowest BCUT2D eigenvalue weighted by Crippen LogP contribution is -2.46. The first-order valence-corrected chi connectivity index (χ1v) is 12.8. The molecule has 7 nitrogen and oxygen atoms in total. The van der Waals surface area contributed by atoms with E-state index in [1.54, 1.807) is 19.2 Å². The van der Waals surface area contributed by atoms with Gasteiger partial charge >= 0.3 is 5.97 Å². The Labute approximate surface area is 204 Å². The van der Waals surface area contributed by atoms with Gasteiger partial charge in [-0.3, -0.25) is 4.79 Å². The minimum absolute atomic E-state index is 0.0562. The summed E-state index contributed by atoms with van der Waals surface area (Å²) in [4.78, 5) is 27.8. The summed E-state index contributed by atoms with van der Waals surface area (Å²) >= 11 is 0. The predicted octanol–water partition coefficient (Wildman–Crippen LogP) is 3.88. The van der Waals surface area contributed by atoms with Gasteiger partial charge in [0.15, 0.2) is 0 Å². The van der Waals surface area contributed by atoms with Crippen molar-refractivity contribution >= 4 is 11.9 Å². The summed E-state index contributed by atoms with van der Waals surface area (Å²) in [5.74, 6) is 0.649. The van der Waals surface area contributed by atoms with Crippen LogP contribution >= 0.6 is 0 Å². The molecule has 2 rings (SSSR count). The monoisotopic (exact) mass is 477 g/mol. The third kappa shape index (κ3) is 9.63. The fourth-order valence-corrected chi connectivity index (χ4v) is 4.44. The molecule has 1 fully saturated rings. The average Bonchev–Trinajstić information content (AvgIpc) is 2.82. The number of ether oxygens (including phenoxy) is 2. The first kappa shape index (κ1) is 28.1. The number of benzene rings is 1. The summed E-state index contributed by atoms with van der Waals surface area (Å²) in [5.41, 5.74) is 0.887. The van der Waals surface area contributed by atoms with Crippen molar-refractivity contribution in [2.75, 3.05) is 20.3 Å². The van der Waals surface area contributed by atoms with Gasteiger partial charge in [-0.05, 0) is 49.3 Å². The molecule has 1 aliphatic heterocycles. The van der Waals surface area contributed by atoms with Crippen molar-refractivity contribution in [1.82, 2.24) is 4.90 Å². The molecule has 0 saturated carbocycles. The number of hydrogen-bond acceptors (Lipinski definition) is 6. The first-order chi connectivity index (χ1) is 16.3. The maximum atomic E-state index is 13.4. The largest absolute Gasteiger partial charge is 0.491 e. The number of likely N-dealkylation sites (N-methyl/N-ethyl adjacent to an activating group) is 1. The van der Waals surface area contributed by atoms with Gasteiger partial charge in [0.1, 0.15) is 24.5 Å². The Morgan fingerprint density at radius 1 is 1.15 bits per heavy atom. The topological polar surface area (TPSA) is 96.3 Å². The number of esters is 1. The van der Waals surface area contributed by atoms with Crippen LogP contribution in [0.5, 0.6) is 5.75 Å². The first-order valence-electron chi connectivity index (χ1n) is 12.8. The molecule has 0 aromatic heterocycles. The molecular weight excluding hydrogens is 434 g/mol. The molecule has 4 atom stereocenters. The lowest BCUT2D eigenvalue weighted by Gasteiger charge is -2.29. The zero-order valence-electron chi connectivity index (χ0n) is 21.1. The maximum Gasteiger partial charge on any atom is 0.329 e. The molecule has 1 amide bonds. The van der Waals surface area contributed by atoms with Crippen LogP contribution in [0.25, 0.3) is 0 Å². The van der Waals surface area contributed by atoms with E-state index in [0.29, 0.717) is 37.4 Å². The Bertz CT molecular complexity index is 737. The van der Waals surface area contributed by atoms with Gasteiger partial charge in [-0.2, -0.15) is 0 Å². The molecule has 0 unspecified atom stereocenters. The fourth-order valence-electron chi connectivity index (χ4n) is 4.44. The number of nitrogens with zero attached hydrogens (tertiary/aromatic N) is 1. The van der Waals surface area contributed by atoms with E-state index in [2.05, 4.69) is 6.92 Å². The van der Waals surface area contributed by atoms with E-state index in [4.69, 9.17) is 14.6 Å². The van der Waals surface area contributed by atoms with E-state index in [1.165, 1.54) is 4.90 Å². The molecular formula is C27H43NO6. The van der Waals surface area contributed by atoms with Crippen LogP contribution in [-0.2, 0) is 20.7 Å². The minimum atomic E-state index is -0.735. The van der Waals surface area contributed by atoms with Crippen molar-refractivity contribution in [3.8, 4) is 5.75 Å². The molecule has 0 radical (unpaired) electrons. The SMILES string of the molecule is CCC[C@H](O)C[C@@H]1CC[C@@H](C)CCCCC(=O)N(C)[C@@H](Cc2ccc(OCCO)cc2)C(=O)O1. The van der Waals surface area contributed by atoms with Gasteiger partial charge in [-0.25, -0.2) is 4.79 Å². The molecule has 34 heavy (non-hydrogen) atoms. The molecule has 0 aliphatic carbocycles. The van der Waals surface area contributed by atoms with E-state index < -0.39 is 18.1 Å². The van der Waals surface area contributed by atoms with Crippen LogP contribution in [0.3, 0.4) is 0 Å². The summed E-state index contributed by atoms with van der Waals surface area (Å²) in [7, 11) is 1.68. The second kappa shape index (κ2) is 15.0. The van der Waals surface area contributed by atoms with E-state index >= 15 is 0 Å². The second-order valence-corrected chi connectivity index (χ2v) is 9.61. The normalized spacial score (nSPS) is 23.9. The highest BCUT2D eigenvalue weighted by Gasteiger charge is 2.31. The predicted molar refractivity (Wildman–Crippen MR) is 132 cm³/mol. The highest BCUT2D eigenvalue weighted by molar-refractivity contribution is 5.84. The second-order valence-electron chi connectivity index (χ2n) is 9.61. The fraction of sp³-hybridized carbons (Fsp3) is 0.704. The Hall–Kier alpha value is -2.12. The maximum absolute atomic E-state index is 13.4. The Kier molecular flexibility index (Phi) is 12.4. The molecule has 1 saturated heterocycles. The third-order valence-corrected chi connectivity index (χ3v) is 6.60. The van der Waals surface area contributed by atoms with Crippen LogP contribution in [0.1, 0.15) is 77.2 Å². The highest BCUT2D eigenvalue weighted by Crippen LogP contribution is 2.23. The van der Waals surface area contributed by atoms with Gasteiger partial charge in [0.05, 0.1) is 12.7 Å². The standard InChI is InChI=1S/C27H43NO6/c1-4-7-22(30)19-24-13-10-20(2)8-5-6-9-26(31)28(3)25(27(32)34-24)18-21-11-14-23(15-12-21)33-17-16-29/h11-12,14-15,20,22,24-25,29-30H,4-10,13,16-19H2,1-3H3/t20-,22-,24-,25-/m0/s1. The van der Waals surface area contributed by atoms with Gasteiger partial charge in [-0.15, -0.1) is 0 Å². The Morgan fingerprint density at radius 2 is 1.88 bits per heavy atom. The number of rotatable bonds is 9. The van der Waals surface area contributed by atoms with Crippen molar-refractivity contribution in [1.29, 1.82) is 0 Å². The molecule has 1 heterocycles. The number of hydrogen-bond donors (Lipinski definition) is 2. The lowest BCUT2D eigenvalue weighted by molar-refractivity contribution is -0.160. The number of carbonyl (C=O) groups is 2. The molecule has 2 N–H and O–H groups in total. The van der Waals surface area contributed by atoms with Gasteiger partial charge in [0.2, 0.25) is 5.91 Å².